The third-order valence-electron chi connectivity index (χ3n) is 2.52. The van der Waals surface area contributed by atoms with Crippen LogP contribution in [0.25, 0.3) is 0 Å². The molecule has 0 aromatic heterocycles. The Balaban J connectivity index is 2.86. The zero-order valence-corrected chi connectivity index (χ0v) is 9.20. The van der Waals surface area contributed by atoms with Crippen LogP contribution in [0.15, 0.2) is 23.8 Å². The fourth-order valence-electron chi connectivity index (χ4n) is 1.69. The maximum atomic E-state index is 11.9. The maximum absolute atomic E-state index is 11.9. The van der Waals surface area contributed by atoms with Crippen molar-refractivity contribution in [3.05, 3.63) is 23.8 Å². The minimum absolute atomic E-state index is 0.0105. The van der Waals surface area contributed by atoms with Crippen LogP contribution in [-0.2, 0) is 9.63 Å². The Bertz CT molecular complexity index is 294. The summed E-state index contributed by atoms with van der Waals surface area (Å²) < 4.78 is 0. The highest BCUT2D eigenvalue weighted by Crippen LogP contribution is 2.31. The summed E-state index contributed by atoms with van der Waals surface area (Å²) in [5.74, 6) is -0.0105. The van der Waals surface area contributed by atoms with Gasteiger partial charge in [-0.3, -0.25) is 9.63 Å². The third kappa shape index (κ3) is 2.04. The van der Waals surface area contributed by atoms with Crippen molar-refractivity contribution in [3.63, 3.8) is 0 Å². The van der Waals surface area contributed by atoms with Crippen molar-refractivity contribution in [2.75, 3.05) is 14.2 Å². The molecule has 3 heteroatoms. The van der Waals surface area contributed by atoms with Gasteiger partial charge in [0.25, 0.3) is 5.91 Å². The average molecular weight is 195 g/mol. The van der Waals surface area contributed by atoms with E-state index in [4.69, 9.17) is 4.84 Å². The van der Waals surface area contributed by atoms with Gasteiger partial charge in [0.15, 0.2) is 0 Å². The lowest BCUT2D eigenvalue weighted by atomic mass is 9.81. The molecule has 1 unspecified atom stereocenters. The number of hydroxylamine groups is 2. The van der Waals surface area contributed by atoms with E-state index in [1.165, 1.54) is 12.2 Å². The number of carbonyl (C=O) groups is 1. The number of nitrogens with zero attached hydrogens (tertiary/aromatic N) is 1. The largest absolute Gasteiger partial charge is 0.275 e. The Kier molecular flexibility index (Phi) is 3.11. The van der Waals surface area contributed by atoms with Crippen molar-refractivity contribution in [3.8, 4) is 0 Å². The molecule has 0 N–H and O–H groups in total. The number of amides is 1. The maximum Gasteiger partial charge on any atom is 0.255 e. The molecule has 1 amide bonds. The van der Waals surface area contributed by atoms with E-state index in [0.717, 1.165) is 12.0 Å². The highest BCUT2D eigenvalue weighted by atomic mass is 16.7. The third-order valence-corrected chi connectivity index (χ3v) is 2.52. The summed E-state index contributed by atoms with van der Waals surface area (Å²) in [4.78, 5) is 16.8. The molecule has 0 radical (unpaired) electrons. The zero-order chi connectivity index (χ0) is 10.8. The molecule has 14 heavy (non-hydrogen) atoms. The van der Waals surface area contributed by atoms with E-state index < -0.39 is 5.41 Å². The van der Waals surface area contributed by atoms with Gasteiger partial charge in [-0.25, -0.2) is 5.06 Å². The Morgan fingerprint density at radius 2 is 2.29 bits per heavy atom. The minimum Gasteiger partial charge on any atom is -0.275 e. The van der Waals surface area contributed by atoms with Gasteiger partial charge in [-0.15, -0.1) is 0 Å². The van der Waals surface area contributed by atoms with E-state index in [1.807, 2.05) is 32.1 Å². The van der Waals surface area contributed by atoms with Gasteiger partial charge >= 0.3 is 0 Å². The first kappa shape index (κ1) is 11.0. The van der Waals surface area contributed by atoms with E-state index in [9.17, 15) is 4.79 Å². The monoisotopic (exact) mass is 195 g/mol. The van der Waals surface area contributed by atoms with Crippen molar-refractivity contribution in [1.29, 1.82) is 0 Å². The summed E-state index contributed by atoms with van der Waals surface area (Å²) in [5, 5.41) is 1.28. The molecule has 1 aliphatic rings. The highest BCUT2D eigenvalue weighted by Gasteiger charge is 2.33. The standard InChI is InChI=1S/C11H17NO2/c1-9-6-5-7-11(2,8-9)10(13)12(3)14-4/h5-6,8H,7H2,1-4H3. The molecule has 1 rings (SSSR count). The predicted octanol–water partition coefficient (Wildman–Crippen LogP) is 1.92. The number of allylic oxidation sites excluding steroid dienone is 3. The van der Waals surface area contributed by atoms with Gasteiger partial charge < -0.3 is 0 Å². The molecule has 0 heterocycles. The lowest BCUT2D eigenvalue weighted by Gasteiger charge is -2.30. The van der Waals surface area contributed by atoms with Gasteiger partial charge in [0.05, 0.1) is 12.5 Å². The summed E-state index contributed by atoms with van der Waals surface area (Å²) in [6, 6.07) is 0. The zero-order valence-electron chi connectivity index (χ0n) is 9.20. The van der Waals surface area contributed by atoms with Gasteiger partial charge in [-0.05, 0) is 20.3 Å². The smallest absolute Gasteiger partial charge is 0.255 e. The summed E-state index contributed by atoms with van der Waals surface area (Å²) in [6.45, 7) is 3.92. The topological polar surface area (TPSA) is 29.5 Å². The lowest BCUT2D eigenvalue weighted by Crippen LogP contribution is -2.39. The van der Waals surface area contributed by atoms with Crippen molar-refractivity contribution in [2.24, 2.45) is 5.41 Å². The van der Waals surface area contributed by atoms with Crippen LogP contribution in [0.1, 0.15) is 20.3 Å². The van der Waals surface area contributed by atoms with Gasteiger partial charge in [-0.1, -0.05) is 23.8 Å². The number of hydrogen-bond acceptors (Lipinski definition) is 2. The second kappa shape index (κ2) is 3.96. The quantitative estimate of drug-likeness (QED) is 0.630. The van der Waals surface area contributed by atoms with Crippen LogP contribution in [-0.4, -0.2) is 25.1 Å². The summed E-state index contributed by atoms with van der Waals surface area (Å²) in [7, 11) is 3.13. The first-order valence-corrected chi connectivity index (χ1v) is 4.68. The molecule has 0 saturated carbocycles. The van der Waals surface area contributed by atoms with Crippen LogP contribution in [0.2, 0.25) is 0 Å². The van der Waals surface area contributed by atoms with Crippen LogP contribution < -0.4 is 0 Å². The summed E-state index contributed by atoms with van der Waals surface area (Å²) in [6.07, 6.45) is 6.78. The molecule has 0 aromatic rings. The average Bonchev–Trinajstić information content (AvgIpc) is 2.15. The van der Waals surface area contributed by atoms with Crippen LogP contribution in [0.3, 0.4) is 0 Å². The van der Waals surface area contributed by atoms with E-state index in [1.54, 1.807) is 7.05 Å². The second-order valence-corrected chi connectivity index (χ2v) is 3.90. The van der Waals surface area contributed by atoms with Crippen LogP contribution in [0, 0.1) is 5.41 Å². The normalized spacial score (nSPS) is 25.9. The molecule has 0 aliphatic heterocycles. The Labute approximate surface area is 85.0 Å². The van der Waals surface area contributed by atoms with Crippen LogP contribution in [0.4, 0.5) is 0 Å². The van der Waals surface area contributed by atoms with E-state index in [-0.39, 0.29) is 5.91 Å². The number of hydrogen-bond donors (Lipinski definition) is 0. The van der Waals surface area contributed by atoms with E-state index >= 15 is 0 Å². The molecule has 0 fully saturated rings. The molecule has 0 saturated heterocycles. The van der Waals surface area contributed by atoms with Gasteiger partial charge in [0, 0.05) is 7.05 Å². The summed E-state index contributed by atoms with van der Waals surface area (Å²) >= 11 is 0. The first-order valence-electron chi connectivity index (χ1n) is 4.68. The fourth-order valence-corrected chi connectivity index (χ4v) is 1.69. The summed E-state index contributed by atoms with van der Waals surface area (Å²) in [5.41, 5.74) is 0.667. The number of carbonyl (C=O) groups excluding carboxylic acids is 1. The van der Waals surface area contributed by atoms with Crippen LogP contribution >= 0.6 is 0 Å². The van der Waals surface area contributed by atoms with Crippen molar-refractivity contribution in [2.45, 2.75) is 20.3 Å². The Morgan fingerprint density at radius 3 is 2.79 bits per heavy atom. The Hall–Kier alpha value is -1.09. The van der Waals surface area contributed by atoms with E-state index in [0.29, 0.717) is 0 Å². The lowest BCUT2D eigenvalue weighted by molar-refractivity contribution is -0.176. The Morgan fingerprint density at radius 1 is 1.64 bits per heavy atom. The molecule has 1 aliphatic carbocycles. The molecule has 0 spiro atoms. The number of rotatable bonds is 2. The van der Waals surface area contributed by atoms with Gasteiger partial charge in [-0.2, -0.15) is 0 Å². The van der Waals surface area contributed by atoms with E-state index in [2.05, 4.69) is 0 Å². The van der Waals surface area contributed by atoms with Crippen LogP contribution in [0.5, 0.6) is 0 Å². The van der Waals surface area contributed by atoms with Crippen molar-refractivity contribution in [1.82, 2.24) is 5.06 Å². The minimum atomic E-state index is -0.455. The molecule has 0 aromatic carbocycles. The predicted molar refractivity (Wildman–Crippen MR) is 55.4 cm³/mol. The van der Waals surface area contributed by atoms with Gasteiger partial charge in [0.1, 0.15) is 0 Å². The molecule has 1 atom stereocenters. The molecular formula is C11H17NO2. The SMILES string of the molecule is CON(C)C(=O)C1(C)C=C(C)C=CC1. The first-order chi connectivity index (χ1) is 6.49. The van der Waals surface area contributed by atoms with Crippen molar-refractivity contribution >= 4 is 5.91 Å². The molecule has 0 bridgehead atoms. The van der Waals surface area contributed by atoms with Crippen molar-refractivity contribution < 1.29 is 9.63 Å². The molecule has 3 nitrogen and oxygen atoms in total. The molecule has 78 valence electrons. The second-order valence-electron chi connectivity index (χ2n) is 3.90. The fraction of sp³-hybridized carbons (Fsp3) is 0.545. The van der Waals surface area contributed by atoms with Gasteiger partial charge in [0.2, 0.25) is 0 Å². The highest BCUT2D eigenvalue weighted by molar-refractivity contribution is 5.84. The molecular weight excluding hydrogens is 178 g/mol.